The van der Waals surface area contributed by atoms with Gasteiger partial charge in [-0.2, -0.15) is 4.98 Å². The highest BCUT2D eigenvalue weighted by Gasteiger charge is 2.14. The van der Waals surface area contributed by atoms with Crippen molar-refractivity contribution in [3.05, 3.63) is 64.7 Å². The van der Waals surface area contributed by atoms with Crippen molar-refractivity contribution >= 4 is 22.2 Å². The third kappa shape index (κ3) is 4.75. The number of rotatable bonds is 9. The molecule has 8 heteroatoms. The van der Waals surface area contributed by atoms with Crippen LogP contribution in [0.4, 0.5) is 0 Å². The summed E-state index contributed by atoms with van der Waals surface area (Å²) >= 11 is 1.55. The van der Waals surface area contributed by atoms with Gasteiger partial charge in [0.25, 0.3) is 5.91 Å². The van der Waals surface area contributed by atoms with Crippen LogP contribution in [0, 0.1) is 6.92 Å². The average molecular weight is 451 g/mol. The Hall–Kier alpha value is -3.39. The molecule has 0 aliphatic rings. The number of aromatic nitrogens is 3. The van der Waals surface area contributed by atoms with Crippen LogP contribution in [0.3, 0.4) is 0 Å². The molecular formula is C24H26N4O3S. The Balaban J connectivity index is 1.41. The standard InChI is InChI=1S/C24H26N4O3S/c1-4-30-20-11-10-18(14-21(20)31-5-2)23(29)25-13-12-19-15-32-24-26-22(27-28(19)24)17-8-6-16(3)7-9-17/h6-11,14-15H,4-5,12-13H2,1-3H3,(H,25,29). The van der Waals surface area contributed by atoms with Crippen molar-refractivity contribution in [1.29, 1.82) is 0 Å². The monoisotopic (exact) mass is 450 g/mol. The van der Waals surface area contributed by atoms with Crippen LogP contribution in [0.25, 0.3) is 16.3 Å². The van der Waals surface area contributed by atoms with E-state index < -0.39 is 0 Å². The minimum atomic E-state index is -0.153. The first kappa shape index (κ1) is 21.8. The minimum absolute atomic E-state index is 0.153. The van der Waals surface area contributed by atoms with E-state index in [0.717, 1.165) is 16.2 Å². The summed E-state index contributed by atoms with van der Waals surface area (Å²) in [5, 5.41) is 9.67. The van der Waals surface area contributed by atoms with Crippen LogP contribution in [-0.4, -0.2) is 40.3 Å². The molecule has 32 heavy (non-hydrogen) atoms. The number of carbonyl (C=O) groups excluding carboxylic acids is 1. The highest BCUT2D eigenvalue weighted by Crippen LogP contribution is 2.28. The van der Waals surface area contributed by atoms with Gasteiger partial charge in [0.05, 0.1) is 18.9 Å². The molecule has 2 aromatic heterocycles. The van der Waals surface area contributed by atoms with Crippen LogP contribution in [0.1, 0.15) is 35.5 Å². The quantitative estimate of drug-likeness (QED) is 0.405. The van der Waals surface area contributed by atoms with E-state index in [-0.39, 0.29) is 5.91 Å². The van der Waals surface area contributed by atoms with E-state index in [2.05, 4.69) is 34.5 Å². The number of amides is 1. The number of fused-ring (bicyclic) bond motifs is 1. The molecule has 0 atom stereocenters. The van der Waals surface area contributed by atoms with E-state index in [9.17, 15) is 4.79 Å². The Labute approximate surface area is 191 Å². The normalized spacial score (nSPS) is 11.0. The lowest BCUT2D eigenvalue weighted by Crippen LogP contribution is -2.26. The second-order valence-corrected chi connectivity index (χ2v) is 8.09. The fraction of sp³-hybridized carbons (Fsp3) is 0.292. The summed E-state index contributed by atoms with van der Waals surface area (Å²) in [5.41, 5.74) is 3.74. The van der Waals surface area contributed by atoms with Gasteiger partial charge in [-0.3, -0.25) is 4.79 Å². The predicted octanol–water partition coefficient (Wildman–Crippen LogP) is 4.54. The van der Waals surface area contributed by atoms with Crippen molar-refractivity contribution in [2.75, 3.05) is 19.8 Å². The summed E-state index contributed by atoms with van der Waals surface area (Å²) in [5.74, 6) is 1.77. The molecule has 4 rings (SSSR count). The minimum Gasteiger partial charge on any atom is -0.490 e. The van der Waals surface area contributed by atoms with Gasteiger partial charge in [-0.15, -0.1) is 16.4 Å². The molecule has 0 saturated heterocycles. The lowest BCUT2D eigenvalue weighted by atomic mass is 10.1. The van der Waals surface area contributed by atoms with Crippen molar-refractivity contribution in [1.82, 2.24) is 19.9 Å². The van der Waals surface area contributed by atoms with Crippen LogP contribution in [-0.2, 0) is 6.42 Å². The number of nitrogens with zero attached hydrogens (tertiary/aromatic N) is 3. The molecule has 166 valence electrons. The molecule has 1 amide bonds. The summed E-state index contributed by atoms with van der Waals surface area (Å²) in [6.07, 6.45) is 0.651. The van der Waals surface area contributed by atoms with Crippen LogP contribution >= 0.6 is 11.3 Å². The zero-order valence-electron chi connectivity index (χ0n) is 18.4. The largest absolute Gasteiger partial charge is 0.490 e. The molecule has 0 spiro atoms. The van der Waals surface area contributed by atoms with Gasteiger partial charge in [0.15, 0.2) is 17.3 Å². The number of nitrogens with one attached hydrogen (secondary N) is 1. The maximum Gasteiger partial charge on any atom is 0.251 e. The molecule has 0 aliphatic carbocycles. The highest BCUT2D eigenvalue weighted by molar-refractivity contribution is 7.15. The third-order valence-electron chi connectivity index (χ3n) is 4.93. The molecule has 2 aromatic carbocycles. The molecule has 2 heterocycles. The number of aryl methyl sites for hydroxylation is 1. The summed E-state index contributed by atoms with van der Waals surface area (Å²) < 4.78 is 13.0. The predicted molar refractivity (Wildman–Crippen MR) is 126 cm³/mol. The lowest BCUT2D eigenvalue weighted by molar-refractivity contribution is 0.0953. The summed E-state index contributed by atoms with van der Waals surface area (Å²) in [4.78, 5) is 18.1. The van der Waals surface area contributed by atoms with E-state index >= 15 is 0 Å². The molecule has 0 radical (unpaired) electrons. The van der Waals surface area contributed by atoms with Gasteiger partial charge in [0.1, 0.15) is 0 Å². The zero-order chi connectivity index (χ0) is 22.5. The van der Waals surface area contributed by atoms with Crippen LogP contribution in [0.15, 0.2) is 47.8 Å². The number of hydrogen-bond donors (Lipinski definition) is 1. The van der Waals surface area contributed by atoms with E-state index in [1.54, 1.807) is 29.5 Å². The molecule has 0 fully saturated rings. The van der Waals surface area contributed by atoms with Gasteiger partial charge in [0.2, 0.25) is 4.96 Å². The Morgan fingerprint density at radius 2 is 1.81 bits per heavy atom. The maximum atomic E-state index is 12.6. The van der Waals surface area contributed by atoms with Gasteiger partial charge in [-0.25, -0.2) is 4.52 Å². The summed E-state index contributed by atoms with van der Waals surface area (Å²) in [6, 6.07) is 13.4. The van der Waals surface area contributed by atoms with E-state index in [0.29, 0.717) is 49.1 Å². The molecule has 0 aliphatic heterocycles. The molecule has 0 unspecified atom stereocenters. The summed E-state index contributed by atoms with van der Waals surface area (Å²) in [6.45, 7) is 7.40. The zero-order valence-corrected chi connectivity index (χ0v) is 19.2. The SMILES string of the molecule is CCOc1ccc(C(=O)NCCc2csc3nc(-c4ccc(C)cc4)nn23)cc1OCC. The molecule has 7 nitrogen and oxygen atoms in total. The van der Waals surface area contributed by atoms with Crippen LogP contribution < -0.4 is 14.8 Å². The van der Waals surface area contributed by atoms with Crippen LogP contribution in [0.2, 0.25) is 0 Å². The van der Waals surface area contributed by atoms with E-state index in [4.69, 9.17) is 9.47 Å². The fourth-order valence-electron chi connectivity index (χ4n) is 3.32. The van der Waals surface area contributed by atoms with Gasteiger partial charge < -0.3 is 14.8 Å². The van der Waals surface area contributed by atoms with Gasteiger partial charge in [0, 0.05) is 29.5 Å². The van der Waals surface area contributed by atoms with Crippen molar-refractivity contribution in [2.24, 2.45) is 0 Å². The van der Waals surface area contributed by atoms with Gasteiger partial charge in [-0.05, 0) is 39.0 Å². The molecule has 4 aromatic rings. The molecule has 0 bridgehead atoms. The second-order valence-electron chi connectivity index (χ2n) is 7.26. The first-order valence-corrected chi connectivity index (χ1v) is 11.5. The highest BCUT2D eigenvalue weighted by atomic mass is 32.1. The van der Waals surface area contributed by atoms with E-state index in [1.165, 1.54) is 5.56 Å². The lowest BCUT2D eigenvalue weighted by Gasteiger charge is -2.12. The number of ether oxygens (including phenoxy) is 2. The fourth-order valence-corrected chi connectivity index (χ4v) is 4.18. The number of thiazole rings is 1. The summed E-state index contributed by atoms with van der Waals surface area (Å²) in [7, 11) is 0. The smallest absolute Gasteiger partial charge is 0.251 e. The maximum absolute atomic E-state index is 12.6. The van der Waals surface area contributed by atoms with Crippen molar-refractivity contribution in [3.63, 3.8) is 0 Å². The molecular weight excluding hydrogens is 424 g/mol. The first-order chi connectivity index (χ1) is 15.6. The molecule has 1 N–H and O–H groups in total. The van der Waals surface area contributed by atoms with Crippen molar-refractivity contribution in [3.8, 4) is 22.9 Å². The van der Waals surface area contributed by atoms with Gasteiger partial charge >= 0.3 is 0 Å². The molecule has 0 saturated carbocycles. The Morgan fingerprint density at radius 1 is 1.06 bits per heavy atom. The van der Waals surface area contributed by atoms with Gasteiger partial charge in [-0.1, -0.05) is 29.8 Å². The Bertz CT molecular complexity index is 1210. The van der Waals surface area contributed by atoms with Crippen molar-refractivity contribution in [2.45, 2.75) is 27.2 Å². The Kier molecular flexibility index (Phi) is 6.70. The number of carbonyl (C=O) groups is 1. The first-order valence-electron chi connectivity index (χ1n) is 10.7. The number of benzene rings is 2. The second kappa shape index (κ2) is 9.82. The average Bonchev–Trinajstić information content (AvgIpc) is 3.37. The topological polar surface area (TPSA) is 77.8 Å². The number of hydrogen-bond acceptors (Lipinski definition) is 6. The van der Waals surface area contributed by atoms with Crippen molar-refractivity contribution < 1.29 is 14.3 Å². The van der Waals surface area contributed by atoms with Crippen LogP contribution in [0.5, 0.6) is 11.5 Å². The third-order valence-corrected chi connectivity index (χ3v) is 5.80. The van der Waals surface area contributed by atoms with E-state index in [1.807, 2.05) is 35.9 Å². The Morgan fingerprint density at radius 3 is 2.56 bits per heavy atom.